The van der Waals surface area contributed by atoms with Crippen LogP contribution in [0.15, 0.2) is 60.7 Å². The Hall–Kier alpha value is -3.67. The minimum absolute atomic E-state index is 0.0730. The molecule has 30 heavy (non-hydrogen) atoms. The Morgan fingerprint density at radius 3 is 2.27 bits per heavy atom. The van der Waals surface area contributed by atoms with Crippen molar-refractivity contribution in [2.24, 2.45) is 0 Å². The molecule has 0 bridgehead atoms. The summed E-state index contributed by atoms with van der Waals surface area (Å²) in [6, 6.07) is 19.1. The molecule has 0 aromatic heterocycles. The largest absolute Gasteiger partial charge is 0.493 e. The lowest BCUT2D eigenvalue weighted by molar-refractivity contribution is -0.116. The number of nitrogens with one attached hydrogen (secondary N) is 1. The molecule has 6 heteroatoms. The van der Waals surface area contributed by atoms with E-state index in [1.54, 1.807) is 27.4 Å². The van der Waals surface area contributed by atoms with Gasteiger partial charge in [0.2, 0.25) is 11.7 Å². The quantitative estimate of drug-likeness (QED) is 0.627. The third-order valence-corrected chi connectivity index (χ3v) is 5.12. The lowest BCUT2D eigenvalue weighted by Gasteiger charge is -2.29. The SMILES string of the molecule is COc1cc2c(c(OC)c1OC)[C@H](c1cccc(Oc3ccccc3)c1)CC(=O)N2. The van der Waals surface area contributed by atoms with Gasteiger partial charge in [0, 0.05) is 24.0 Å². The van der Waals surface area contributed by atoms with Crippen molar-refractivity contribution in [2.45, 2.75) is 12.3 Å². The van der Waals surface area contributed by atoms with Crippen LogP contribution in [0.2, 0.25) is 0 Å². The molecule has 6 nitrogen and oxygen atoms in total. The molecule has 1 aliphatic heterocycles. The standard InChI is InChI=1S/C24H23NO5/c1-27-20-14-19-22(24(29-3)23(20)28-2)18(13-21(26)25-19)15-8-7-11-17(12-15)30-16-9-5-4-6-10-16/h4-12,14,18H,13H2,1-3H3,(H,25,26)/t18-/m0/s1. The van der Waals surface area contributed by atoms with Crippen LogP contribution < -0.4 is 24.3 Å². The second-order valence-electron chi connectivity index (χ2n) is 6.90. The van der Waals surface area contributed by atoms with Crippen LogP contribution in [0.4, 0.5) is 5.69 Å². The Morgan fingerprint density at radius 2 is 1.57 bits per heavy atom. The molecule has 0 radical (unpaired) electrons. The summed E-state index contributed by atoms with van der Waals surface area (Å²) in [5.41, 5.74) is 2.46. The minimum atomic E-state index is -0.220. The van der Waals surface area contributed by atoms with Crippen molar-refractivity contribution in [1.82, 2.24) is 0 Å². The van der Waals surface area contributed by atoms with Gasteiger partial charge in [-0.3, -0.25) is 4.79 Å². The molecule has 1 heterocycles. The molecule has 0 fully saturated rings. The maximum atomic E-state index is 12.5. The third-order valence-electron chi connectivity index (χ3n) is 5.12. The number of methoxy groups -OCH3 is 3. The first-order valence-electron chi connectivity index (χ1n) is 9.60. The summed E-state index contributed by atoms with van der Waals surface area (Å²) in [6.07, 6.45) is 0.285. The van der Waals surface area contributed by atoms with Gasteiger partial charge in [0.25, 0.3) is 0 Å². The average Bonchev–Trinajstić information content (AvgIpc) is 2.77. The maximum absolute atomic E-state index is 12.5. The van der Waals surface area contributed by atoms with Crippen LogP contribution >= 0.6 is 0 Å². The van der Waals surface area contributed by atoms with E-state index in [1.807, 2.05) is 54.6 Å². The van der Waals surface area contributed by atoms with E-state index in [0.29, 0.717) is 28.7 Å². The molecule has 0 spiro atoms. The molecule has 154 valence electrons. The van der Waals surface area contributed by atoms with Crippen LogP contribution in [0.5, 0.6) is 28.7 Å². The molecule has 0 saturated heterocycles. The summed E-state index contributed by atoms with van der Waals surface area (Å²) >= 11 is 0. The highest BCUT2D eigenvalue weighted by Crippen LogP contribution is 2.51. The zero-order chi connectivity index (χ0) is 21.1. The molecule has 0 saturated carbocycles. The Kier molecular flexibility index (Phi) is 5.48. The van der Waals surface area contributed by atoms with Gasteiger partial charge in [-0.05, 0) is 29.8 Å². The highest BCUT2D eigenvalue weighted by atomic mass is 16.5. The lowest BCUT2D eigenvalue weighted by atomic mass is 9.83. The Morgan fingerprint density at radius 1 is 0.833 bits per heavy atom. The number of fused-ring (bicyclic) bond motifs is 1. The fourth-order valence-electron chi connectivity index (χ4n) is 3.82. The van der Waals surface area contributed by atoms with Gasteiger partial charge in [-0.2, -0.15) is 0 Å². The Balaban J connectivity index is 1.80. The molecule has 1 amide bonds. The van der Waals surface area contributed by atoms with Crippen LogP contribution in [0.1, 0.15) is 23.5 Å². The van der Waals surface area contributed by atoms with Crippen LogP contribution in [0, 0.1) is 0 Å². The summed E-state index contributed by atoms with van der Waals surface area (Å²) in [5, 5.41) is 2.93. The molecule has 0 unspecified atom stereocenters. The zero-order valence-corrected chi connectivity index (χ0v) is 17.1. The highest BCUT2D eigenvalue weighted by molar-refractivity contribution is 5.97. The van der Waals surface area contributed by atoms with Gasteiger partial charge < -0.3 is 24.3 Å². The Bertz CT molecular complexity index is 1060. The number of hydrogen-bond acceptors (Lipinski definition) is 5. The normalized spacial score (nSPS) is 15.0. The monoisotopic (exact) mass is 405 g/mol. The van der Waals surface area contributed by atoms with Gasteiger partial charge >= 0.3 is 0 Å². The van der Waals surface area contributed by atoms with Gasteiger partial charge in [-0.25, -0.2) is 0 Å². The summed E-state index contributed by atoms with van der Waals surface area (Å²) in [5.74, 6) is 2.70. The molecule has 1 atom stereocenters. The van der Waals surface area contributed by atoms with Crippen molar-refractivity contribution < 1.29 is 23.7 Å². The van der Waals surface area contributed by atoms with Gasteiger partial charge in [-0.1, -0.05) is 30.3 Å². The maximum Gasteiger partial charge on any atom is 0.225 e. The van der Waals surface area contributed by atoms with Gasteiger partial charge in [0.05, 0.1) is 27.0 Å². The smallest absolute Gasteiger partial charge is 0.225 e. The van der Waals surface area contributed by atoms with E-state index in [-0.39, 0.29) is 18.2 Å². The minimum Gasteiger partial charge on any atom is -0.493 e. The van der Waals surface area contributed by atoms with Crippen molar-refractivity contribution >= 4 is 11.6 Å². The molecular weight excluding hydrogens is 382 g/mol. The predicted octanol–water partition coefficient (Wildman–Crippen LogP) is 4.98. The zero-order valence-electron chi connectivity index (χ0n) is 17.1. The van der Waals surface area contributed by atoms with Crippen molar-refractivity contribution in [2.75, 3.05) is 26.6 Å². The van der Waals surface area contributed by atoms with E-state index in [9.17, 15) is 4.79 Å². The summed E-state index contributed by atoms with van der Waals surface area (Å²) < 4.78 is 22.7. The van der Waals surface area contributed by atoms with Crippen LogP contribution in [0.25, 0.3) is 0 Å². The van der Waals surface area contributed by atoms with Crippen LogP contribution in [-0.2, 0) is 4.79 Å². The van der Waals surface area contributed by atoms with E-state index in [0.717, 1.165) is 16.9 Å². The average molecular weight is 405 g/mol. The Labute approximate surface area is 175 Å². The third kappa shape index (κ3) is 3.64. The van der Waals surface area contributed by atoms with E-state index in [2.05, 4.69) is 5.32 Å². The van der Waals surface area contributed by atoms with Gasteiger partial charge in [0.1, 0.15) is 11.5 Å². The topological polar surface area (TPSA) is 66.0 Å². The summed E-state index contributed by atoms with van der Waals surface area (Å²) in [7, 11) is 4.70. The molecular formula is C24H23NO5. The van der Waals surface area contributed by atoms with E-state index >= 15 is 0 Å². The number of rotatable bonds is 6. The number of para-hydroxylation sites is 1. The van der Waals surface area contributed by atoms with Crippen molar-refractivity contribution in [3.8, 4) is 28.7 Å². The molecule has 3 aromatic carbocycles. The van der Waals surface area contributed by atoms with E-state index < -0.39 is 0 Å². The highest BCUT2D eigenvalue weighted by Gasteiger charge is 2.33. The number of benzene rings is 3. The number of carbonyl (C=O) groups is 1. The summed E-state index contributed by atoms with van der Waals surface area (Å²) in [6.45, 7) is 0. The van der Waals surface area contributed by atoms with E-state index in [4.69, 9.17) is 18.9 Å². The first-order chi connectivity index (χ1) is 14.6. The second kappa shape index (κ2) is 8.37. The number of carbonyl (C=O) groups excluding carboxylic acids is 1. The molecule has 1 N–H and O–H groups in total. The molecule has 1 aliphatic rings. The lowest BCUT2D eigenvalue weighted by Crippen LogP contribution is -2.24. The molecule has 0 aliphatic carbocycles. The van der Waals surface area contributed by atoms with Crippen LogP contribution in [0.3, 0.4) is 0 Å². The molecule has 4 rings (SSSR count). The number of ether oxygens (including phenoxy) is 4. The number of hydrogen-bond donors (Lipinski definition) is 1. The number of anilines is 1. The predicted molar refractivity (Wildman–Crippen MR) is 114 cm³/mol. The summed E-state index contributed by atoms with van der Waals surface area (Å²) in [4.78, 5) is 12.5. The van der Waals surface area contributed by atoms with Crippen molar-refractivity contribution in [3.63, 3.8) is 0 Å². The fourth-order valence-corrected chi connectivity index (χ4v) is 3.82. The molecule has 3 aromatic rings. The first-order valence-corrected chi connectivity index (χ1v) is 9.60. The first kappa shape index (κ1) is 19.6. The van der Waals surface area contributed by atoms with E-state index in [1.165, 1.54) is 0 Å². The van der Waals surface area contributed by atoms with Crippen LogP contribution in [-0.4, -0.2) is 27.2 Å². The van der Waals surface area contributed by atoms with Crippen molar-refractivity contribution in [3.05, 3.63) is 71.8 Å². The van der Waals surface area contributed by atoms with Crippen molar-refractivity contribution in [1.29, 1.82) is 0 Å². The van der Waals surface area contributed by atoms with Gasteiger partial charge in [-0.15, -0.1) is 0 Å². The van der Waals surface area contributed by atoms with Gasteiger partial charge in [0.15, 0.2) is 11.5 Å². The fraction of sp³-hybridized carbons (Fsp3) is 0.208. The second-order valence-corrected chi connectivity index (χ2v) is 6.90. The number of amides is 1.